The monoisotopic (exact) mass is 314 g/mol. The van der Waals surface area contributed by atoms with E-state index in [1.54, 1.807) is 27.7 Å². The van der Waals surface area contributed by atoms with Gasteiger partial charge in [0.15, 0.2) is 13.5 Å². The summed E-state index contributed by atoms with van der Waals surface area (Å²) in [4.78, 5) is 44.8. The third kappa shape index (κ3) is 9.51. The molecule has 2 N–H and O–H groups in total. The molecule has 0 saturated carbocycles. The van der Waals surface area contributed by atoms with Crippen LogP contribution in [0.5, 0.6) is 0 Å². The van der Waals surface area contributed by atoms with Gasteiger partial charge in [0.25, 0.3) is 0 Å². The van der Waals surface area contributed by atoms with Crippen molar-refractivity contribution in [2.75, 3.05) is 13.5 Å². The Morgan fingerprint density at radius 2 is 1.09 bits per heavy atom. The summed E-state index contributed by atoms with van der Waals surface area (Å²) in [5, 5.41) is 4.76. The second-order valence-electron chi connectivity index (χ2n) is 4.94. The number of ether oxygens (including phenoxy) is 2. The zero-order valence-electron chi connectivity index (χ0n) is 13.2. The number of hydrogen-bond acceptors (Lipinski definition) is 6. The van der Waals surface area contributed by atoms with Gasteiger partial charge < -0.3 is 20.1 Å². The van der Waals surface area contributed by atoms with Crippen LogP contribution < -0.4 is 10.6 Å². The van der Waals surface area contributed by atoms with Gasteiger partial charge in [0.05, 0.1) is 0 Å². The number of carbonyl (C=O) groups excluding carboxylic acids is 4. The Labute approximate surface area is 129 Å². The lowest BCUT2D eigenvalue weighted by Crippen LogP contribution is -2.31. The zero-order chi connectivity index (χ0) is 17.1. The van der Waals surface area contributed by atoms with Gasteiger partial charge in [-0.1, -0.05) is 27.7 Å². The Kier molecular flexibility index (Phi) is 9.24. The molecule has 0 bridgehead atoms. The maximum absolute atomic E-state index is 11.2. The van der Waals surface area contributed by atoms with Gasteiger partial charge in [-0.25, -0.2) is 9.59 Å². The normalized spacial score (nSPS) is 10.6. The highest BCUT2D eigenvalue weighted by molar-refractivity contribution is 5.91. The Morgan fingerprint density at radius 1 is 0.773 bits per heavy atom. The summed E-state index contributed by atoms with van der Waals surface area (Å²) < 4.78 is 9.30. The van der Waals surface area contributed by atoms with Crippen molar-refractivity contribution < 1.29 is 28.7 Å². The predicted molar refractivity (Wildman–Crippen MR) is 77.0 cm³/mol. The van der Waals surface area contributed by atoms with Crippen molar-refractivity contribution in [1.82, 2.24) is 10.6 Å². The molecule has 0 aromatic heterocycles. The maximum Gasteiger partial charge on any atom is 0.332 e. The summed E-state index contributed by atoms with van der Waals surface area (Å²) in [6.07, 6.45) is 1.74. The lowest BCUT2D eigenvalue weighted by Gasteiger charge is -2.07. The molecule has 0 rings (SSSR count). The largest absolute Gasteiger partial charge is 0.441 e. The molecule has 0 heterocycles. The van der Waals surface area contributed by atoms with Gasteiger partial charge in [-0.15, -0.1) is 0 Å². The topological polar surface area (TPSA) is 111 Å². The average molecular weight is 314 g/mol. The fourth-order valence-corrected chi connectivity index (χ4v) is 0.997. The maximum atomic E-state index is 11.2. The third-order valence-electron chi connectivity index (χ3n) is 2.33. The molecule has 0 spiro atoms. The molecule has 124 valence electrons. The van der Waals surface area contributed by atoms with E-state index in [4.69, 9.17) is 0 Å². The minimum Gasteiger partial charge on any atom is -0.441 e. The number of esters is 2. The van der Waals surface area contributed by atoms with Gasteiger partial charge in [0.2, 0.25) is 11.8 Å². The second-order valence-corrected chi connectivity index (χ2v) is 4.94. The van der Waals surface area contributed by atoms with Crippen LogP contribution in [0.2, 0.25) is 0 Å². The van der Waals surface area contributed by atoms with Gasteiger partial charge in [-0.2, -0.15) is 0 Å². The lowest BCUT2D eigenvalue weighted by molar-refractivity contribution is -0.143. The summed E-state index contributed by atoms with van der Waals surface area (Å²) in [5.41, 5.74) is 0. The van der Waals surface area contributed by atoms with E-state index < -0.39 is 11.9 Å². The van der Waals surface area contributed by atoms with Gasteiger partial charge in [-0.3, -0.25) is 9.59 Å². The molecule has 2 amide bonds. The fourth-order valence-electron chi connectivity index (χ4n) is 0.997. The minimum absolute atomic E-state index is 0.217. The van der Waals surface area contributed by atoms with E-state index in [0.717, 1.165) is 12.2 Å². The number of hydrogen-bond donors (Lipinski definition) is 2. The first-order valence-corrected chi connectivity index (χ1v) is 6.81. The summed E-state index contributed by atoms with van der Waals surface area (Å²) >= 11 is 0. The van der Waals surface area contributed by atoms with Crippen LogP contribution in [0, 0.1) is 11.8 Å². The zero-order valence-corrected chi connectivity index (χ0v) is 13.2. The van der Waals surface area contributed by atoms with Crippen LogP contribution in [-0.4, -0.2) is 37.2 Å². The van der Waals surface area contributed by atoms with Crippen molar-refractivity contribution in [3.8, 4) is 0 Å². The Balaban J connectivity index is 3.90. The van der Waals surface area contributed by atoms with E-state index in [1.807, 2.05) is 0 Å². The Bertz CT molecular complexity index is 403. The quantitative estimate of drug-likeness (QED) is 0.373. The smallest absolute Gasteiger partial charge is 0.332 e. The highest BCUT2D eigenvalue weighted by Crippen LogP contribution is 1.91. The third-order valence-corrected chi connectivity index (χ3v) is 2.33. The summed E-state index contributed by atoms with van der Waals surface area (Å²) in [6, 6.07) is 0. The van der Waals surface area contributed by atoms with Crippen molar-refractivity contribution in [2.24, 2.45) is 11.8 Å². The number of carbonyl (C=O) groups is 4. The van der Waals surface area contributed by atoms with Crippen LogP contribution in [-0.2, 0) is 28.7 Å². The molecule has 0 aliphatic heterocycles. The Morgan fingerprint density at radius 3 is 1.36 bits per heavy atom. The molecular weight excluding hydrogens is 292 g/mol. The first kappa shape index (κ1) is 19.6. The SMILES string of the molecule is CC(C)C(=O)NCOC(=O)/C=C/C(=O)OCNC(=O)C(C)C. The summed E-state index contributed by atoms with van der Waals surface area (Å²) in [5.74, 6) is -2.54. The van der Waals surface area contributed by atoms with Crippen molar-refractivity contribution in [3.63, 3.8) is 0 Å². The van der Waals surface area contributed by atoms with Gasteiger partial charge in [0.1, 0.15) is 0 Å². The molecule has 0 atom stereocenters. The van der Waals surface area contributed by atoms with Crippen molar-refractivity contribution in [3.05, 3.63) is 12.2 Å². The molecule has 0 aromatic carbocycles. The predicted octanol–water partition coefficient (Wildman–Crippen LogP) is 0.0884. The van der Waals surface area contributed by atoms with Gasteiger partial charge in [-0.05, 0) is 0 Å². The molecule has 8 heteroatoms. The molecular formula is C14H22N2O6. The lowest BCUT2D eigenvalue weighted by atomic mass is 10.2. The van der Waals surface area contributed by atoms with Crippen molar-refractivity contribution in [1.29, 1.82) is 0 Å². The standard InChI is InChI=1S/C14H22N2O6/c1-9(2)13(19)15-7-21-11(17)5-6-12(18)22-8-16-14(20)10(3)4/h5-6,9-10H,7-8H2,1-4H3,(H,15,19)(H,16,20)/b6-5+. The van der Waals surface area contributed by atoms with Crippen molar-refractivity contribution >= 4 is 23.8 Å². The van der Waals surface area contributed by atoms with E-state index in [0.29, 0.717) is 0 Å². The molecule has 0 aromatic rings. The van der Waals surface area contributed by atoms with Crippen LogP contribution >= 0.6 is 0 Å². The second kappa shape index (κ2) is 10.4. The minimum atomic E-state index is -0.799. The first-order valence-electron chi connectivity index (χ1n) is 6.81. The average Bonchev–Trinajstić information content (AvgIpc) is 2.44. The Hall–Kier alpha value is -2.38. The highest BCUT2D eigenvalue weighted by Gasteiger charge is 2.08. The number of rotatable bonds is 8. The van der Waals surface area contributed by atoms with E-state index in [9.17, 15) is 19.2 Å². The van der Waals surface area contributed by atoms with Gasteiger partial charge >= 0.3 is 11.9 Å². The molecule has 0 aliphatic carbocycles. The molecule has 0 radical (unpaired) electrons. The summed E-state index contributed by atoms with van der Waals surface area (Å²) in [6.45, 7) is 6.24. The molecule has 0 saturated heterocycles. The van der Waals surface area contributed by atoms with Crippen LogP contribution in [0.1, 0.15) is 27.7 Å². The van der Waals surface area contributed by atoms with Crippen molar-refractivity contribution in [2.45, 2.75) is 27.7 Å². The van der Waals surface area contributed by atoms with E-state index in [1.165, 1.54) is 0 Å². The van der Waals surface area contributed by atoms with Crippen LogP contribution in [0.3, 0.4) is 0 Å². The number of amides is 2. The number of nitrogens with one attached hydrogen (secondary N) is 2. The summed E-state index contributed by atoms with van der Waals surface area (Å²) in [7, 11) is 0. The molecule has 22 heavy (non-hydrogen) atoms. The van der Waals surface area contributed by atoms with Crippen LogP contribution in [0.25, 0.3) is 0 Å². The molecule has 0 fully saturated rings. The fraction of sp³-hybridized carbons (Fsp3) is 0.571. The highest BCUT2D eigenvalue weighted by atomic mass is 16.5. The van der Waals surface area contributed by atoms with E-state index >= 15 is 0 Å². The molecule has 0 aliphatic rings. The van der Waals surface area contributed by atoms with E-state index in [-0.39, 0.29) is 37.1 Å². The van der Waals surface area contributed by atoms with Crippen LogP contribution in [0.4, 0.5) is 0 Å². The molecule has 0 unspecified atom stereocenters. The molecule has 8 nitrogen and oxygen atoms in total. The van der Waals surface area contributed by atoms with Gasteiger partial charge in [0, 0.05) is 24.0 Å². The van der Waals surface area contributed by atoms with Crippen LogP contribution in [0.15, 0.2) is 12.2 Å². The van der Waals surface area contributed by atoms with E-state index in [2.05, 4.69) is 20.1 Å². The first-order chi connectivity index (χ1) is 10.2.